The Morgan fingerprint density at radius 1 is 1.41 bits per heavy atom. The van der Waals surface area contributed by atoms with Gasteiger partial charge in [0.2, 0.25) is 0 Å². The molecule has 0 bridgehead atoms. The number of hydrogen-bond acceptors (Lipinski definition) is 6. The van der Waals surface area contributed by atoms with Gasteiger partial charge in [-0.05, 0) is 0 Å². The molecule has 0 spiro atoms. The minimum Gasteiger partial charge on any atom is -0.504 e. The molecule has 2 aromatic rings. The molecule has 1 aromatic carbocycles. The van der Waals surface area contributed by atoms with Gasteiger partial charge in [-0.2, -0.15) is 0 Å². The van der Waals surface area contributed by atoms with Crippen LogP contribution in [0.3, 0.4) is 0 Å². The molecule has 0 aliphatic heterocycles. The summed E-state index contributed by atoms with van der Waals surface area (Å²) in [5.41, 5.74) is -0.139. The average molecular weight is 237 g/mol. The van der Waals surface area contributed by atoms with Crippen molar-refractivity contribution in [3.8, 4) is 11.5 Å². The minimum absolute atomic E-state index is 0.131. The van der Waals surface area contributed by atoms with Crippen molar-refractivity contribution in [3.05, 3.63) is 28.9 Å². The van der Waals surface area contributed by atoms with Gasteiger partial charge in [-0.15, -0.1) is 0 Å². The molecule has 0 saturated carbocycles. The molecule has 6 heteroatoms. The van der Waals surface area contributed by atoms with E-state index in [9.17, 15) is 9.90 Å². The van der Waals surface area contributed by atoms with E-state index in [2.05, 4.69) is 9.40 Å². The van der Waals surface area contributed by atoms with Crippen LogP contribution in [0.15, 0.2) is 27.7 Å². The first-order chi connectivity index (χ1) is 8.22. The third-order valence-electron chi connectivity index (χ3n) is 2.19. The summed E-state index contributed by atoms with van der Waals surface area (Å²) in [5, 5.41) is 9.87. The number of aromatic nitrogens is 1. The first-order valence-corrected chi connectivity index (χ1v) is 4.94. The molecule has 0 atom stereocenters. The quantitative estimate of drug-likeness (QED) is 0.796. The summed E-state index contributed by atoms with van der Waals surface area (Å²) in [4.78, 5) is 15.2. The second-order valence-electron chi connectivity index (χ2n) is 3.32. The van der Waals surface area contributed by atoms with Gasteiger partial charge in [0.15, 0.2) is 17.9 Å². The highest BCUT2D eigenvalue weighted by Gasteiger charge is 2.09. The maximum absolute atomic E-state index is 11.3. The smallest absolute Gasteiger partial charge is 0.346 e. The van der Waals surface area contributed by atoms with Crippen molar-refractivity contribution in [2.75, 3.05) is 20.3 Å². The van der Waals surface area contributed by atoms with E-state index < -0.39 is 5.63 Å². The van der Waals surface area contributed by atoms with Crippen LogP contribution in [0.4, 0.5) is 0 Å². The zero-order chi connectivity index (χ0) is 12.3. The number of ether oxygens (including phenoxy) is 2. The van der Waals surface area contributed by atoms with Crippen molar-refractivity contribution in [1.82, 2.24) is 4.98 Å². The van der Waals surface area contributed by atoms with Crippen LogP contribution in [0.2, 0.25) is 0 Å². The van der Waals surface area contributed by atoms with Crippen molar-refractivity contribution < 1.29 is 19.0 Å². The Hall–Kier alpha value is -2.08. The standard InChI is InChI=1S/C11H11NO5/c1-15-2-3-16-10-5-8-7(4-9(10)13)11(14)17-6-12-8/h4-6,13H,2-3H2,1H3. The SMILES string of the molecule is COCCOc1cc2ncoc(=O)c2cc1O. The molecule has 0 amide bonds. The highest BCUT2D eigenvalue weighted by molar-refractivity contribution is 5.80. The predicted octanol–water partition coefficient (Wildman–Crippen LogP) is 0.919. The van der Waals surface area contributed by atoms with Crippen molar-refractivity contribution in [1.29, 1.82) is 0 Å². The van der Waals surface area contributed by atoms with Gasteiger partial charge in [0, 0.05) is 19.2 Å². The zero-order valence-electron chi connectivity index (χ0n) is 9.17. The highest BCUT2D eigenvalue weighted by atomic mass is 16.5. The van der Waals surface area contributed by atoms with Gasteiger partial charge in [-0.3, -0.25) is 0 Å². The lowest BCUT2D eigenvalue weighted by Crippen LogP contribution is -2.05. The van der Waals surface area contributed by atoms with E-state index in [0.717, 1.165) is 6.39 Å². The molecule has 0 radical (unpaired) electrons. The second kappa shape index (κ2) is 4.84. The molecule has 17 heavy (non-hydrogen) atoms. The summed E-state index contributed by atoms with van der Waals surface area (Å²) < 4.78 is 14.7. The summed E-state index contributed by atoms with van der Waals surface area (Å²) in [6.45, 7) is 0.707. The lowest BCUT2D eigenvalue weighted by molar-refractivity contribution is 0.144. The summed E-state index contributed by atoms with van der Waals surface area (Å²) >= 11 is 0. The Morgan fingerprint density at radius 2 is 2.24 bits per heavy atom. The molecule has 1 N–H and O–H groups in total. The van der Waals surface area contributed by atoms with Gasteiger partial charge < -0.3 is 19.0 Å². The van der Waals surface area contributed by atoms with Crippen LogP contribution in [-0.4, -0.2) is 30.4 Å². The zero-order valence-corrected chi connectivity index (χ0v) is 9.17. The normalized spacial score (nSPS) is 10.6. The fourth-order valence-electron chi connectivity index (χ4n) is 1.37. The Morgan fingerprint density at radius 3 is 3.00 bits per heavy atom. The molecule has 0 aliphatic rings. The van der Waals surface area contributed by atoms with Gasteiger partial charge in [-0.25, -0.2) is 9.78 Å². The summed E-state index contributed by atoms with van der Waals surface area (Å²) in [6, 6.07) is 2.76. The van der Waals surface area contributed by atoms with Crippen LogP contribution in [0.5, 0.6) is 11.5 Å². The molecular formula is C11H11NO5. The van der Waals surface area contributed by atoms with E-state index >= 15 is 0 Å². The lowest BCUT2D eigenvalue weighted by Gasteiger charge is -2.07. The van der Waals surface area contributed by atoms with E-state index in [-0.39, 0.29) is 16.9 Å². The van der Waals surface area contributed by atoms with Crippen LogP contribution in [0.25, 0.3) is 10.9 Å². The van der Waals surface area contributed by atoms with E-state index in [0.29, 0.717) is 18.7 Å². The Kier molecular flexibility index (Phi) is 3.24. The molecule has 0 unspecified atom stereocenters. The summed E-state index contributed by atoms with van der Waals surface area (Å²) in [5.74, 6) is 0.126. The third-order valence-corrected chi connectivity index (χ3v) is 2.19. The van der Waals surface area contributed by atoms with Crippen LogP contribution in [0.1, 0.15) is 0 Å². The molecule has 0 fully saturated rings. The molecule has 2 rings (SSSR count). The van der Waals surface area contributed by atoms with E-state index in [1.165, 1.54) is 12.1 Å². The van der Waals surface area contributed by atoms with Crippen molar-refractivity contribution in [2.24, 2.45) is 0 Å². The van der Waals surface area contributed by atoms with E-state index in [4.69, 9.17) is 9.47 Å². The van der Waals surface area contributed by atoms with E-state index in [1.54, 1.807) is 7.11 Å². The Bertz CT molecular complexity index is 578. The average Bonchev–Trinajstić information content (AvgIpc) is 2.31. The Labute approximate surface area is 96.4 Å². The number of fused-ring (bicyclic) bond motifs is 1. The molecule has 1 aromatic heterocycles. The largest absolute Gasteiger partial charge is 0.504 e. The third kappa shape index (κ3) is 2.36. The lowest BCUT2D eigenvalue weighted by atomic mass is 10.2. The van der Waals surface area contributed by atoms with Crippen molar-refractivity contribution in [3.63, 3.8) is 0 Å². The number of benzene rings is 1. The number of rotatable bonds is 4. The van der Waals surface area contributed by atoms with Crippen molar-refractivity contribution in [2.45, 2.75) is 0 Å². The molecule has 90 valence electrons. The fourth-order valence-corrected chi connectivity index (χ4v) is 1.37. The topological polar surface area (TPSA) is 81.8 Å². The summed E-state index contributed by atoms with van der Waals surface area (Å²) in [6.07, 6.45) is 1.06. The fraction of sp³-hybridized carbons (Fsp3) is 0.273. The van der Waals surface area contributed by atoms with Gasteiger partial charge in [0.1, 0.15) is 6.61 Å². The number of nitrogens with zero attached hydrogens (tertiary/aromatic N) is 1. The van der Waals surface area contributed by atoms with Gasteiger partial charge >= 0.3 is 5.63 Å². The number of methoxy groups -OCH3 is 1. The maximum atomic E-state index is 11.3. The number of phenols is 1. The molecule has 1 heterocycles. The first-order valence-electron chi connectivity index (χ1n) is 4.94. The molecule has 0 saturated heterocycles. The molecular weight excluding hydrogens is 226 g/mol. The number of hydrogen-bond donors (Lipinski definition) is 1. The number of phenolic OH excluding ortho intramolecular Hbond substituents is 1. The molecule has 0 aliphatic carbocycles. The maximum Gasteiger partial charge on any atom is 0.346 e. The first kappa shape index (κ1) is 11.4. The monoisotopic (exact) mass is 237 g/mol. The van der Waals surface area contributed by atoms with Crippen LogP contribution >= 0.6 is 0 Å². The van der Waals surface area contributed by atoms with Gasteiger partial charge in [-0.1, -0.05) is 0 Å². The summed E-state index contributed by atoms with van der Waals surface area (Å²) in [7, 11) is 1.55. The minimum atomic E-state index is -0.547. The van der Waals surface area contributed by atoms with Crippen LogP contribution in [-0.2, 0) is 4.74 Å². The predicted molar refractivity (Wildman–Crippen MR) is 59.3 cm³/mol. The number of aromatic hydroxyl groups is 1. The van der Waals surface area contributed by atoms with Crippen LogP contribution < -0.4 is 10.4 Å². The van der Waals surface area contributed by atoms with Crippen molar-refractivity contribution >= 4 is 10.9 Å². The highest BCUT2D eigenvalue weighted by Crippen LogP contribution is 2.29. The Balaban J connectivity index is 2.38. The van der Waals surface area contributed by atoms with Gasteiger partial charge in [0.05, 0.1) is 17.5 Å². The van der Waals surface area contributed by atoms with Crippen LogP contribution in [0, 0.1) is 0 Å². The second-order valence-corrected chi connectivity index (χ2v) is 3.32. The molecule has 6 nitrogen and oxygen atoms in total. The van der Waals surface area contributed by atoms with Gasteiger partial charge in [0.25, 0.3) is 0 Å². The van der Waals surface area contributed by atoms with E-state index in [1.807, 2.05) is 0 Å².